The summed E-state index contributed by atoms with van der Waals surface area (Å²) in [5.41, 5.74) is 8.34. The van der Waals surface area contributed by atoms with Crippen LogP contribution in [0.25, 0.3) is 0 Å². The van der Waals surface area contributed by atoms with Crippen LogP contribution in [0.1, 0.15) is 44.3 Å². The second-order valence-corrected chi connectivity index (χ2v) is 6.19. The molecule has 136 valence electrons. The minimum Gasteiger partial charge on any atom is -0.451 e. The lowest BCUT2D eigenvalue weighted by Crippen LogP contribution is -2.25. The molecule has 0 unspecified atom stereocenters. The van der Waals surface area contributed by atoms with E-state index in [-0.39, 0.29) is 22.7 Å². The standard InChI is InChI=1S/C19H20N2O5/c1-10-7-12(3)15(8-11(10)2)18(22)13(4)26-19(23)14-5-6-16(20)17(9-14)21(24)25/h5-9,13H,20H2,1-4H3/t13-/m1/s1. The number of carbonyl (C=O) groups excluding carboxylic acids is 2. The van der Waals surface area contributed by atoms with Crippen LogP contribution in [0.2, 0.25) is 0 Å². The molecule has 7 nitrogen and oxygen atoms in total. The highest BCUT2D eigenvalue weighted by Crippen LogP contribution is 2.23. The molecule has 0 aliphatic carbocycles. The minimum absolute atomic E-state index is 0.0395. The molecule has 0 bridgehead atoms. The predicted octanol–water partition coefficient (Wildman–Crippen LogP) is 3.53. The number of Topliss-reactive ketones (excluding diaryl/α,β-unsaturated/α-hetero) is 1. The van der Waals surface area contributed by atoms with Gasteiger partial charge in [-0.15, -0.1) is 0 Å². The van der Waals surface area contributed by atoms with Crippen LogP contribution in [0.4, 0.5) is 11.4 Å². The average Bonchev–Trinajstić information content (AvgIpc) is 2.57. The Morgan fingerprint density at radius 1 is 1.08 bits per heavy atom. The van der Waals surface area contributed by atoms with E-state index < -0.39 is 17.0 Å². The monoisotopic (exact) mass is 356 g/mol. The number of nitrogens with two attached hydrogens (primary N) is 1. The number of ketones is 1. The molecule has 0 radical (unpaired) electrons. The Hall–Kier alpha value is -3.22. The number of nitrogens with zero attached hydrogens (tertiary/aromatic N) is 1. The molecule has 0 aromatic heterocycles. The van der Waals surface area contributed by atoms with E-state index in [2.05, 4.69) is 0 Å². The largest absolute Gasteiger partial charge is 0.451 e. The van der Waals surface area contributed by atoms with Gasteiger partial charge in [0.05, 0.1) is 10.5 Å². The maximum absolute atomic E-state index is 12.6. The van der Waals surface area contributed by atoms with Crippen LogP contribution in [-0.4, -0.2) is 22.8 Å². The Kier molecular flexibility index (Phi) is 5.40. The Labute approximate surface area is 150 Å². The number of carbonyl (C=O) groups is 2. The molecule has 0 aliphatic heterocycles. The van der Waals surface area contributed by atoms with Gasteiger partial charge >= 0.3 is 5.97 Å². The Balaban J connectivity index is 2.22. The zero-order chi connectivity index (χ0) is 19.6. The van der Waals surface area contributed by atoms with Gasteiger partial charge in [0.1, 0.15) is 5.69 Å². The smallest absolute Gasteiger partial charge is 0.339 e. The van der Waals surface area contributed by atoms with Crippen molar-refractivity contribution in [3.63, 3.8) is 0 Å². The molecule has 26 heavy (non-hydrogen) atoms. The maximum Gasteiger partial charge on any atom is 0.339 e. The van der Waals surface area contributed by atoms with E-state index in [1.165, 1.54) is 19.1 Å². The molecule has 0 amide bonds. The topological polar surface area (TPSA) is 113 Å². The predicted molar refractivity (Wildman–Crippen MR) is 97.4 cm³/mol. The van der Waals surface area contributed by atoms with Crippen LogP contribution in [0.5, 0.6) is 0 Å². The lowest BCUT2D eigenvalue weighted by Gasteiger charge is -2.15. The van der Waals surface area contributed by atoms with E-state index in [0.717, 1.165) is 22.8 Å². The molecule has 0 saturated carbocycles. The summed E-state index contributed by atoms with van der Waals surface area (Å²) in [6.07, 6.45) is -1.03. The first-order valence-corrected chi connectivity index (χ1v) is 7.98. The highest BCUT2D eigenvalue weighted by Gasteiger charge is 2.24. The Bertz CT molecular complexity index is 905. The summed E-state index contributed by atoms with van der Waals surface area (Å²) < 4.78 is 5.20. The van der Waals surface area contributed by atoms with E-state index >= 15 is 0 Å². The number of ether oxygens (including phenoxy) is 1. The summed E-state index contributed by atoms with van der Waals surface area (Å²) in [4.78, 5) is 35.1. The highest BCUT2D eigenvalue weighted by molar-refractivity contribution is 6.02. The first-order chi connectivity index (χ1) is 12.1. The first-order valence-electron chi connectivity index (χ1n) is 7.98. The zero-order valence-electron chi connectivity index (χ0n) is 15.0. The van der Waals surface area contributed by atoms with E-state index in [4.69, 9.17) is 10.5 Å². The van der Waals surface area contributed by atoms with Gasteiger partial charge in [-0.2, -0.15) is 0 Å². The summed E-state index contributed by atoms with van der Waals surface area (Å²) in [6.45, 7) is 7.14. The summed E-state index contributed by atoms with van der Waals surface area (Å²) in [6, 6.07) is 7.29. The maximum atomic E-state index is 12.6. The van der Waals surface area contributed by atoms with Crippen LogP contribution in [-0.2, 0) is 4.74 Å². The van der Waals surface area contributed by atoms with Gasteiger partial charge in [0.25, 0.3) is 5.69 Å². The Morgan fingerprint density at radius 3 is 2.31 bits per heavy atom. The number of benzene rings is 2. The molecule has 2 rings (SSSR count). The van der Waals surface area contributed by atoms with E-state index in [0.29, 0.717) is 5.56 Å². The molecular formula is C19H20N2O5. The second kappa shape index (κ2) is 7.35. The summed E-state index contributed by atoms with van der Waals surface area (Å²) in [5.74, 6) is -1.15. The molecule has 7 heteroatoms. The number of rotatable bonds is 5. The number of nitrogen functional groups attached to an aromatic ring is 1. The van der Waals surface area contributed by atoms with Crippen molar-refractivity contribution in [2.45, 2.75) is 33.8 Å². The zero-order valence-corrected chi connectivity index (χ0v) is 15.0. The number of nitro groups is 1. The first kappa shape index (κ1) is 19.1. The molecular weight excluding hydrogens is 336 g/mol. The number of nitro benzene ring substituents is 1. The third-order valence-corrected chi connectivity index (χ3v) is 4.22. The van der Waals surface area contributed by atoms with E-state index in [9.17, 15) is 19.7 Å². The van der Waals surface area contributed by atoms with Crippen LogP contribution in [0, 0.1) is 30.9 Å². The molecule has 2 aromatic rings. The number of aryl methyl sites for hydroxylation is 3. The van der Waals surface area contributed by atoms with Gasteiger partial charge in [0.15, 0.2) is 6.10 Å². The van der Waals surface area contributed by atoms with Crippen molar-refractivity contribution < 1.29 is 19.2 Å². The van der Waals surface area contributed by atoms with Crippen molar-refractivity contribution in [3.8, 4) is 0 Å². The fourth-order valence-electron chi connectivity index (χ4n) is 2.56. The van der Waals surface area contributed by atoms with Crippen molar-refractivity contribution in [3.05, 3.63) is 68.3 Å². The molecule has 0 spiro atoms. The van der Waals surface area contributed by atoms with Crippen LogP contribution in [0.15, 0.2) is 30.3 Å². The van der Waals surface area contributed by atoms with Gasteiger partial charge in [-0.3, -0.25) is 14.9 Å². The number of hydrogen-bond donors (Lipinski definition) is 1. The van der Waals surface area contributed by atoms with Gasteiger partial charge in [0.2, 0.25) is 5.78 Å². The Morgan fingerprint density at radius 2 is 1.69 bits per heavy atom. The third kappa shape index (κ3) is 3.88. The van der Waals surface area contributed by atoms with Gasteiger partial charge in [-0.1, -0.05) is 6.07 Å². The molecule has 1 atom stereocenters. The number of hydrogen-bond acceptors (Lipinski definition) is 6. The SMILES string of the molecule is Cc1cc(C)c(C(=O)[C@@H](C)OC(=O)c2ccc(N)c([N+](=O)[O-])c2)cc1C. The molecule has 2 aromatic carbocycles. The van der Waals surface area contributed by atoms with Crippen LogP contribution in [0.3, 0.4) is 0 Å². The van der Waals surface area contributed by atoms with Gasteiger partial charge in [-0.25, -0.2) is 4.79 Å². The molecule has 0 saturated heterocycles. The van der Waals surface area contributed by atoms with Crippen molar-refractivity contribution in [1.29, 1.82) is 0 Å². The summed E-state index contributed by atoms with van der Waals surface area (Å²) in [7, 11) is 0. The second-order valence-electron chi connectivity index (χ2n) is 6.19. The van der Waals surface area contributed by atoms with Crippen LogP contribution < -0.4 is 5.73 Å². The van der Waals surface area contributed by atoms with E-state index in [1.807, 2.05) is 26.8 Å². The fourth-order valence-corrected chi connectivity index (χ4v) is 2.56. The van der Waals surface area contributed by atoms with Crippen molar-refractivity contribution in [2.24, 2.45) is 0 Å². The number of anilines is 1. The average molecular weight is 356 g/mol. The van der Waals surface area contributed by atoms with Crippen molar-refractivity contribution >= 4 is 23.1 Å². The molecule has 2 N–H and O–H groups in total. The third-order valence-electron chi connectivity index (χ3n) is 4.22. The minimum atomic E-state index is -1.03. The lowest BCUT2D eigenvalue weighted by atomic mass is 9.96. The molecule has 0 aliphatic rings. The van der Waals surface area contributed by atoms with Crippen molar-refractivity contribution in [2.75, 3.05) is 5.73 Å². The fraction of sp³-hybridized carbons (Fsp3) is 0.263. The molecule has 0 heterocycles. The summed E-state index contributed by atoms with van der Waals surface area (Å²) >= 11 is 0. The lowest BCUT2D eigenvalue weighted by molar-refractivity contribution is -0.383. The van der Waals surface area contributed by atoms with Crippen molar-refractivity contribution in [1.82, 2.24) is 0 Å². The molecule has 0 fully saturated rings. The van der Waals surface area contributed by atoms with Crippen LogP contribution >= 0.6 is 0 Å². The number of esters is 1. The van der Waals surface area contributed by atoms with Gasteiger partial charge in [0, 0.05) is 11.6 Å². The highest BCUT2D eigenvalue weighted by atomic mass is 16.6. The quantitative estimate of drug-likeness (QED) is 0.288. The van der Waals surface area contributed by atoms with Gasteiger partial charge in [-0.05, 0) is 62.6 Å². The summed E-state index contributed by atoms with van der Waals surface area (Å²) in [5, 5.41) is 10.9. The normalized spacial score (nSPS) is 11.7. The van der Waals surface area contributed by atoms with Gasteiger partial charge < -0.3 is 10.5 Å². The van der Waals surface area contributed by atoms with E-state index in [1.54, 1.807) is 6.07 Å².